The van der Waals surface area contributed by atoms with E-state index in [0.29, 0.717) is 12.1 Å². The normalized spacial score (nSPS) is 11.0. The molecule has 0 atom stereocenters. The van der Waals surface area contributed by atoms with Gasteiger partial charge in [-0.15, -0.1) is 0 Å². The molecule has 3 aromatic carbocycles. The molecule has 0 unspecified atom stereocenters. The summed E-state index contributed by atoms with van der Waals surface area (Å²) in [5, 5.41) is 21.1. The van der Waals surface area contributed by atoms with E-state index < -0.39 is 10.9 Å². The summed E-state index contributed by atoms with van der Waals surface area (Å²) in [4.78, 5) is 36.4. The first-order valence-electron chi connectivity index (χ1n) is 10.9. The zero-order chi connectivity index (χ0) is 24.9. The summed E-state index contributed by atoms with van der Waals surface area (Å²) in [5.74, 6) is -1.35. The molecule has 7 nitrogen and oxygen atoms in total. The number of nitro benzene ring substituents is 1. The number of hydrogen-bond donors (Lipinski definition) is 1. The van der Waals surface area contributed by atoms with E-state index in [0.717, 1.165) is 22.8 Å². The molecular weight excluding hydrogens is 444 g/mol. The maximum absolute atomic E-state index is 13.8. The monoisotopic (exact) mass is 466 g/mol. The van der Waals surface area contributed by atoms with Crippen LogP contribution in [0.25, 0.3) is 23.3 Å². The Labute approximate surface area is 201 Å². The van der Waals surface area contributed by atoms with Gasteiger partial charge in [-0.25, -0.2) is 4.79 Å². The quantitative estimate of drug-likeness (QED) is 0.280. The number of carboxylic acids is 1. The van der Waals surface area contributed by atoms with Crippen LogP contribution in [0.15, 0.2) is 89.9 Å². The van der Waals surface area contributed by atoms with Crippen LogP contribution < -0.4 is 5.56 Å². The highest BCUT2D eigenvalue weighted by molar-refractivity contribution is 5.98. The highest BCUT2D eigenvalue weighted by Crippen LogP contribution is 2.30. The van der Waals surface area contributed by atoms with Gasteiger partial charge in [0.2, 0.25) is 0 Å². The summed E-state index contributed by atoms with van der Waals surface area (Å²) < 4.78 is 1.53. The molecule has 0 spiro atoms. The number of pyridine rings is 1. The molecule has 4 rings (SSSR count). The Hall–Kier alpha value is -4.78. The SMILES string of the molecule is Cc1cn(Cc2ccccc2)c(=O)c(-c2ccc([N+](=O)[O-])cc2C(=O)O)c1/C=C/c1ccccc1. The average molecular weight is 466 g/mol. The molecule has 0 saturated heterocycles. The summed E-state index contributed by atoms with van der Waals surface area (Å²) in [6.45, 7) is 2.15. The fourth-order valence-electron chi connectivity index (χ4n) is 3.97. The smallest absolute Gasteiger partial charge is 0.336 e. The predicted octanol–water partition coefficient (Wildman–Crippen LogP) is 5.65. The van der Waals surface area contributed by atoms with Crippen molar-refractivity contribution in [3.05, 3.63) is 133 Å². The highest BCUT2D eigenvalue weighted by Gasteiger charge is 2.22. The summed E-state index contributed by atoms with van der Waals surface area (Å²) in [7, 11) is 0. The first kappa shape index (κ1) is 23.4. The highest BCUT2D eigenvalue weighted by atomic mass is 16.6. The Morgan fingerprint density at radius 3 is 2.29 bits per heavy atom. The van der Waals surface area contributed by atoms with E-state index in [-0.39, 0.29) is 27.9 Å². The number of aromatic nitrogens is 1. The second-order valence-corrected chi connectivity index (χ2v) is 8.06. The van der Waals surface area contributed by atoms with Gasteiger partial charge in [0, 0.05) is 23.9 Å². The molecular formula is C28H22N2O5. The molecule has 0 aliphatic heterocycles. The van der Waals surface area contributed by atoms with Gasteiger partial charge in [-0.05, 0) is 35.2 Å². The van der Waals surface area contributed by atoms with Crippen molar-refractivity contribution < 1.29 is 14.8 Å². The van der Waals surface area contributed by atoms with Crippen LogP contribution in [-0.4, -0.2) is 20.6 Å². The van der Waals surface area contributed by atoms with E-state index in [4.69, 9.17) is 0 Å². The molecule has 1 heterocycles. The Morgan fingerprint density at radius 2 is 1.66 bits per heavy atom. The van der Waals surface area contributed by atoms with E-state index in [1.807, 2.05) is 73.7 Å². The Bertz CT molecular complexity index is 1490. The third-order valence-electron chi connectivity index (χ3n) is 5.67. The zero-order valence-corrected chi connectivity index (χ0v) is 18.9. The number of benzene rings is 3. The summed E-state index contributed by atoms with van der Waals surface area (Å²) in [6, 6.07) is 22.5. The van der Waals surface area contributed by atoms with Gasteiger partial charge in [-0.2, -0.15) is 0 Å². The average Bonchev–Trinajstić information content (AvgIpc) is 2.86. The number of aryl methyl sites for hydroxylation is 1. The lowest BCUT2D eigenvalue weighted by atomic mass is 9.93. The van der Waals surface area contributed by atoms with E-state index in [9.17, 15) is 24.8 Å². The van der Waals surface area contributed by atoms with Crippen molar-refractivity contribution in [3.63, 3.8) is 0 Å². The number of nitrogens with zero attached hydrogens (tertiary/aromatic N) is 2. The lowest BCUT2D eigenvalue weighted by Gasteiger charge is -2.16. The van der Waals surface area contributed by atoms with Crippen molar-refractivity contribution in [2.75, 3.05) is 0 Å². The van der Waals surface area contributed by atoms with Gasteiger partial charge in [0.05, 0.1) is 22.6 Å². The van der Waals surface area contributed by atoms with Crippen molar-refractivity contribution in [3.8, 4) is 11.1 Å². The molecule has 1 aromatic heterocycles. The molecule has 0 saturated carbocycles. The Kier molecular flexibility index (Phi) is 6.69. The van der Waals surface area contributed by atoms with Crippen LogP contribution in [0.3, 0.4) is 0 Å². The first-order chi connectivity index (χ1) is 16.8. The molecule has 7 heteroatoms. The van der Waals surface area contributed by atoms with Crippen LogP contribution in [0.1, 0.15) is 32.6 Å². The number of nitro groups is 1. The maximum atomic E-state index is 13.8. The molecule has 4 aromatic rings. The topological polar surface area (TPSA) is 102 Å². The molecule has 35 heavy (non-hydrogen) atoms. The summed E-state index contributed by atoms with van der Waals surface area (Å²) in [6.07, 6.45) is 5.37. The number of carboxylic acid groups (broad SMARTS) is 1. The van der Waals surface area contributed by atoms with Gasteiger partial charge >= 0.3 is 5.97 Å². The van der Waals surface area contributed by atoms with Crippen molar-refractivity contribution in [2.24, 2.45) is 0 Å². The van der Waals surface area contributed by atoms with Crippen LogP contribution >= 0.6 is 0 Å². The molecule has 174 valence electrons. The minimum Gasteiger partial charge on any atom is -0.478 e. The summed E-state index contributed by atoms with van der Waals surface area (Å²) in [5.41, 5.74) is 2.41. The molecule has 0 aliphatic rings. The fraction of sp³-hybridized carbons (Fsp3) is 0.0714. The minimum atomic E-state index is -1.35. The second kappa shape index (κ2) is 10.0. The Balaban J connectivity index is 1.97. The van der Waals surface area contributed by atoms with Crippen LogP contribution in [0, 0.1) is 17.0 Å². The van der Waals surface area contributed by atoms with E-state index in [2.05, 4.69) is 0 Å². The molecule has 0 amide bonds. The second-order valence-electron chi connectivity index (χ2n) is 8.06. The van der Waals surface area contributed by atoms with Crippen molar-refractivity contribution >= 4 is 23.8 Å². The third kappa shape index (κ3) is 5.09. The van der Waals surface area contributed by atoms with E-state index in [1.165, 1.54) is 16.7 Å². The van der Waals surface area contributed by atoms with E-state index >= 15 is 0 Å². The lowest BCUT2D eigenvalue weighted by Crippen LogP contribution is -2.24. The molecule has 0 fully saturated rings. The van der Waals surface area contributed by atoms with Crippen molar-refractivity contribution in [1.29, 1.82) is 0 Å². The Morgan fingerprint density at radius 1 is 1.00 bits per heavy atom. The van der Waals surface area contributed by atoms with Gasteiger partial charge < -0.3 is 9.67 Å². The van der Waals surface area contributed by atoms with Gasteiger partial charge in [0.15, 0.2) is 0 Å². The van der Waals surface area contributed by atoms with Crippen molar-refractivity contribution in [1.82, 2.24) is 4.57 Å². The molecule has 0 radical (unpaired) electrons. The zero-order valence-electron chi connectivity index (χ0n) is 18.9. The number of aromatic carboxylic acids is 1. The van der Waals surface area contributed by atoms with Crippen LogP contribution in [-0.2, 0) is 6.54 Å². The number of non-ortho nitro benzene ring substituents is 1. The number of hydrogen-bond acceptors (Lipinski definition) is 4. The van der Waals surface area contributed by atoms with Gasteiger partial charge in [-0.3, -0.25) is 14.9 Å². The van der Waals surface area contributed by atoms with Gasteiger partial charge in [0.1, 0.15) is 0 Å². The number of carbonyl (C=O) groups is 1. The van der Waals surface area contributed by atoms with Crippen LogP contribution in [0.2, 0.25) is 0 Å². The largest absolute Gasteiger partial charge is 0.478 e. The summed E-state index contributed by atoms with van der Waals surface area (Å²) >= 11 is 0. The maximum Gasteiger partial charge on any atom is 0.336 e. The van der Waals surface area contributed by atoms with Gasteiger partial charge in [-0.1, -0.05) is 72.8 Å². The first-order valence-corrected chi connectivity index (χ1v) is 10.9. The lowest BCUT2D eigenvalue weighted by molar-refractivity contribution is -0.384. The third-order valence-corrected chi connectivity index (χ3v) is 5.67. The fourth-order valence-corrected chi connectivity index (χ4v) is 3.97. The van der Waals surface area contributed by atoms with Gasteiger partial charge in [0.25, 0.3) is 11.2 Å². The molecule has 1 N–H and O–H groups in total. The molecule has 0 bridgehead atoms. The standard InChI is InChI=1S/C28H22N2O5/c1-19-17-29(18-21-10-6-3-7-11-21)27(31)26(23(19)14-12-20-8-4-2-5-9-20)24-15-13-22(30(34)35)16-25(24)28(32)33/h2-17H,18H2,1H3,(H,32,33)/b14-12+. The van der Waals surface area contributed by atoms with Crippen LogP contribution in [0.5, 0.6) is 0 Å². The van der Waals surface area contributed by atoms with Crippen molar-refractivity contribution in [2.45, 2.75) is 13.5 Å². The number of rotatable bonds is 7. The van der Waals surface area contributed by atoms with E-state index in [1.54, 1.807) is 12.3 Å². The predicted molar refractivity (Wildman–Crippen MR) is 135 cm³/mol. The molecule has 0 aliphatic carbocycles. The minimum absolute atomic E-state index is 0.131. The van der Waals surface area contributed by atoms with Crippen LogP contribution in [0.4, 0.5) is 5.69 Å².